The predicted octanol–water partition coefficient (Wildman–Crippen LogP) is 3.76. The number of hydrogen-bond acceptors (Lipinski definition) is 1. The molecule has 1 unspecified atom stereocenters. The van der Waals surface area contributed by atoms with Crippen LogP contribution in [0.3, 0.4) is 0 Å². The van der Waals surface area contributed by atoms with Gasteiger partial charge in [-0.25, -0.2) is 0 Å². The Morgan fingerprint density at radius 2 is 2.21 bits per heavy atom. The van der Waals surface area contributed by atoms with Crippen molar-refractivity contribution in [2.24, 2.45) is 0 Å². The number of ketones is 1. The molecule has 0 saturated heterocycles. The zero-order chi connectivity index (χ0) is 10.7. The first-order valence-electron chi connectivity index (χ1n) is 4.36. The maximum Gasteiger partial charge on any atom is 0.152 e. The van der Waals surface area contributed by atoms with Gasteiger partial charge in [0, 0.05) is 5.33 Å². The lowest BCUT2D eigenvalue weighted by atomic mass is 10.0. The topological polar surface area (TPSA) is 17.1 Å². The van der Waals surface area contributed by atoms with Gasteiger partial charge in [-0.2, -0.15) is 0 Å². The first kappa shape index (κ1) is 11.7. The molecule has 1 atom stereocenters. The van der Waals surface area contributed by atoms with E-state index < -0.39 is 5.38 Å². The van der Waals surface area contributed by atoms with Crippen molar-refractivity contribution in [1.29, 1.82) is 0 Å². The highest BCUT2D eigenvalue weighted by atomic mass is 79.9. The number of carbonyl (C=O) groups is 1. The molecule has 0 aliphatic carbocycles. The van der Waals surface area contributed by atoms with Crippen LogP contribution >= 0.6 is 27.5 Å². The molecule has 14 heavy (non-hydrogen) atoms. The summed E-state index contributed by atoms with van der Waals surface area (Å²) in [7, 11) is 0. The molecule has 1 rings (SSSR count). The normalized spacial score (nSPS) is 12.6. The molecule has 0 aromatic heterocycles. The molecule has 0 amide bonds. The van der Waals surface area contributed by atoms with Gasteiger partial charge in [-0.3, -0.25) is 4.79 Å². The number of aryl methyl sites for hydroxylation is 1. The Labute approximate surface area is 97.6 Å². The zero-order valence-corrected chi connectivity index (χ0v) is 10.5. The molecule has 1 nitrogen and oxygen atoms in total. The second-order valence-corrected chi connectivity index (χ2v) is 4.29. The van der Waals surface area contributed by atoms with Crippen molar-refractivity contribution in [3.63, 3.8) is 0 Å². The number of alkyl halides is 2. The summed E-state index contributed by atoms with van der Waals surface area (Å²) in [5.41, 5.74) is 3.26. The molecule has 0 saturated carbocycles. The fourth-order valence-corrected chi connectivity index (χ4v) is 1.97. The largest absolute Gasteiger partial charge is 0.298 e. The van der Waals surface area contributed by atoms with Crippen LogP contribution in [0.25, 0.3) is 0 Å². The van der Waals surface area contributed by atoms with Gasteiger partial charge in [-0.1, -0.05) is 34.1 Å². The Hall–Kier alpha value is -0.340. The summed E-state index contributed by atoms with van der Waals surface area (Å²) in [5, 5.41) is 0.266. The van der Waals surface area contributed by atoms with E-state index >= 15 is 0 Å². The molecule has 1 aromatic carbocycles. The van der Waals surface area contributed by atoms with Crippen molar-refractivity contribution in [3.05, 3.63) is 34.9 Å². The Morgan fingerprint density at radius 3 is 2.71 bits per heavy atom. The lowest BCUT2D eigenvalue weighted by Gasteiger charge is -2.09. The van der Waals surface area contributed by atoms with Crippen molar-refractivity contribution in [2.45, 2.75) is 24.6 Å². The summed E-state index contributed by atoms with van der Waals surface area (Å²) in [5.74, 6) is -0.0176. The lowest BCUT2D eigenvalue weighted by molar-refractivity contribution is -0.116. The molecule has 0 bridgehead atoms. The van der Waals surface area contributed by atoms with Gasteiger partial charge in [0.05, 0.1) is 0 Å². The Kier molecular flexibility index (Phi) is 4.14. The third kappa shape index (κ3) is 2.58. The van der Waals surface area contributed by atoms with Crippen LogP contribution in [0.4, 0.5) is 0 Å². The Bertz CT molecular complexity index is 349. The summed E-state index contributed by atoms with van der Waals surface area (Å²) >= 11 is 9.36. The minimum absolute atomic E-state index is 0.0176. The van der Waals surface area contributed by atoms with Crippen molar-refractivity contribution >= 4 is 33.3 Å². The lowest BCUT2D eigenvalue weighted by Crippen LogP contribution is -2.02. The molecule has 0 heterocycles. The van der Waals surface area contributed by atoms with Gasteiger partial charge in [-0.05, 0) is 30.5 Å². The summed E-state index contributed by atoms with van der Waals surface area (Å²) in [6.07, 6.45) is 0. The molecule has 0 fully saturated rings. The van der Waals surface area contributed by atoms with Gasteiger partial charge in [0.25, 0.3) is 0 Å². The second kappa shape index (κ2) is 4.94. The fourth-order valence-electron chi connectivity index (χ4n) is 1.23. The number of carbonyl (C=O) groups excluding carboxylic acids is 1. The van der Waals surface area contributed by atoms with E-state index in [2.05, 4.69) is 15.9 Å². The van der Waals surface area contributed by atoms with Crippen molar-refractivity contribution in [3.8, 4) is 0 Å². The van der Waals surface area contributed by atoms with Gasteiger partial charge >= 0.3 is 0 Å². The van der Waals surface area contributed by atoms with Crippen LogP contribution in [-0.2, 0) is 10.1 Å². The average Bonchev–Trinajstić information content (AvgIpc) is 2.17. The van der Waals surface area contributed by atoms with E-state index in [-0.39, 0.29) is 5.78 Å². The quantitative estimate of drug-likeness (QED) is 0.768. The predicted molar refractivity (Wildman–Crippen MR) is 63.1 cm³/mol. The molecular weight excluding hydrogens is 263 g/mol. The van der Waals surface area contributed by atoms with Crippen molar-refractivity contribution in [1.82, 2.24) is 0 Å². The number of halogens is 2. The summed E-state index contributed by atoms with van der Waals surface area (Å²) in [6, 6.07) is 5.87. The van der Waals surface area contributed by atoms with E-state index in [1.165, 1.54) is 18.1 Å². The van der Waals surface area contributed by atoms with Gasteiger partial charge in [0.15, 0.2) is 5.78 Å². The van der Waals surface area contributed by atoms with Crippen LogP contribution in [-0.4, -0.2) is 5.78 Å². The number of Topliss-reactive ketones (excluding diaryl/α,β-unsaturated/α-hetero) is 1. The van der Waals surface area contributed by atoms with Crippen LogP contribution in [0.1, 0.15) is 29.0 Å². The monoisotopic (exact) mass is 274 g/mol. The maximum absolute atomic E-state index is 11.1. The van der Waals surface area contributed by atoms with E-state index in [1.807, 2.05) is 25.1 Å². The van der Waals surface area contributed by atoms with E-state index in [0.29, 0.717) is 0 Å². The van der Waals surface area contributed by atoms with Crippen LogP contribution in [0.5, 0.6) is 0 Å². The highest BCUT2D eigenvalue weighted by Gasteiger charge is 2.13. The Morgan fingerprint density at radius 1 is 1.57 bits per heavy atom. The second-order valence-electron chi connectivity index (χ2n) is 3.29. The van der Waals surface area contributed by atoms with E-state index in [9.17, 15) is 4.79 Å². The maximum atomic E-state index is 11.1. The number of rotatable bonds is 3. The third-order valence-corrected chi connectivity index (χ3v) is 3.33. The van der Waals surface area contributed by atoms with Crippen LogP contribution < -0.4 is 0 Å². The highest BCUT2D eigenvalue weighted by molar-refractivity contribution is 9.08. The summed E-state index contributed by atoms with van der Waals surface area (Å²) < 4.78 is 0. The van der Waals surface area contributed by atoms with E-state index in [4.69, 9.17) is 11.6 Å². The van der Waals surface area contributed by atoms with Crippen LogP contribution in [0.15, 0.2) is 18.2 Å². The van der Waals surface area contributed by atoms with Crippen LogP contribution in [0.2, 0.25) is 0 Å². The third-order valence-electron chi connectivity index (χ3n) is 2.17. The minimum Gasteiger partial charge on any atom is -0.298 e. The minimum atomic E-state index is -0.520. The smallest absolute Gasteiger partial charge is 0.152 e. The zero-order valence-electron chi connectivity index (χ0n) is 8.18. The highest BCUT2D eigenvalue weighted by Crippen LogP contribution is 2.24. The molecule has 0 aliphatic heterocycles. The molecule has 0 aliphatic rings. The first-order valence-corrected chi connectivity index (χ1v) is 5.92. The summed E-state index contributed by atoms with van der Waals surface area (Å²) in [4.78, 5) is 11.1. The number of hydrogen-bond donors (Lipinski definition) is 0. The molecule has 3 heteroatoms. The van der Waals surface area contributed by atoms with Gasteiger partial charge in [-0.15, -0.1) is 11.6 Å². The average molecular weight is 276 g/mol. The molecule has 76 valence electrons. The molecule has 0 N–H and O–H groups in total. The van der Waals surface area contributed by atoms with Gasteiger partial charge in [0.1, 0.15) is 5.38 Å². The summed E-state index contributed by atoms with van der Waals surface area (Å²) in [6.45, 7) is 3.54. The van der Waals surface area contributed by atoms with E-state index in [1.54, 1.807) is 0 Å². The van der Waals surface area contributed by atoms with Gasteiger partial charge in [0.2, 0.25) is 0 Å². The molecular formula is C11H12BrClO. The molecule has 0 radical (unpaired) electrons. The fraction of sp³-hybridized carbons (Fsp3) is 0.364. The number of benzene rings is 1. The van der Waals surface area contributed by atoms with Gasteiger partial charge < -0.3 is 0 Å². The Balaban J connectivity index is 3.06. The standard InChI is InChI=1S/C11H12BrClO/c1-7-3-4-9(5-10(7)6-12)11(13)8(2)14/h3-5,11H,6H2,1-2H3. The molecule has 0 spiro atoms. The molecule has 1 aromatic rings. The SMILES string of the molecule is CC(=O)C(Cl)c1ccc(C)c(CBr)c1. The van der Waals surface area contributed by atoms with E-state index in [0.717, 1.165) is 10.9 Å². The van der Waals surface area contributed by atoms with Crippen molar-refractivity contribution < 1.29 is 4.79 Å². The first-order chi connectivity index (χ1) is 6.56. The van der Waals surface area contributed by atoms with Crippen LogP contribution in [0, 0.1) is 6.92 Å². The van der Waals surface area contributed by atoms with Crippen molar-refractivity contribution in [2.75, 3.05) is 0 Å².